The van der Waals surface area contributed by atoms with Gasteiger partial charge in [-0.15, -0.1) is 0 Å². The van der Waals surface area contributed by atoms with Gasteiger partial charge in [-0.25, -0.2) is 9.67 Å². The Balaban J connectivity index is 1.75. The van der Waals surface area contributed by atoms with Crippen LogP contribution in [0.5, 0.6) is 0 Å². The Kier molecular flexibility index (Phi) is 5.75. The fourth-order valence-electron chi connectivity index (χ4n) is 1.83. The molecule has 1 aromatic carbocycles. The second-order valence-electron chi connectivity index (χ2n) is 4.42. The van der Waals surface area contributed by atoms with Gasteiger partial charge >= 0.3 is 0 Å². The lowest BCUT2D eigenvalue weighted by Crippen LogP contribution is -2.03. The molecule has 2 rings (SSSR count). The number of anilines is 1. The molecule has 0 bridgehead atoms. The second-order valence-corrected chi connectivity index (χ2v) is 5.40. The molecule has 0 saturated carbocycles. The van der Waals surface area contributed by atoms with Crippen LogP contribution < -0.4 is 5.32 Å². The number of hydrogen-bond acceptors (Lipinski definition) is 4. The normalized spacial score (nSPS) is 10.6. The molecule has 1 N–H and O–H groups in total. The third kappa shape index (κ3) is 4.95. The number of benzene rings is 1. The van der Waals surface area contributed by atoms with Crippen molar-refractivity contribution < 1.29 is 0 Å². The Morgan fingerprint density at radius 1 is 1.21 bits per heavy atom. The standard InChI is InChI=1S/C14H20N4S/c1-19-9-3-2-8-16-14-6-4-13(5-7-14)10-18-12-15-11-17-18/h4-7,11-12,16H,2-3,8-10H2,1H3. The Hall–Kier alpha value is -1.49. The number of rotatable bonds is 8. The highest BCUT2D eigenvalue weighted by atomic mass is 32.2. The molecule has 1 aromatic heterocycles. The lowest BCUT2D eigenvalue weighted by atomic mass is 10.2. The Labute approximate surface area is 118 Å². The van der Waals surface area contributed by atoms with E-state index in [-0.39, 0.29) is 0 Å². The largest absolute Gasteiger partial charge is 0.385 e. The van der Waals surface area contributed by atoms with Crippen molar-refractivity contribution in [3.05, 3.63) is 42.5 Å². The van der Waals surface area contributed by atoms with Gasteiger partial charge in [0.05, 0.1) is 6.54 Å². The predicted molar refractivity (Wildman–Crippen MR) is 81.7 cm³/mol. The van der Waals surface area contributed by atoms with E-state index in [0.717, 1.165) is 13.1 Å². The summed E-state index contributed by atoms with van der Waals surface area (Å²) in [6.45, 7) is 1.82. The molecule has 0 unspecified atom stereocenters. The van der Waals surface area contributed by atoms with Gasteiger partial charge < -0.3 is 5.32 Å². The average molecular weight is 276 g/mol. The summed E-state index contributed by atoms with van der Waals surface area (Å²) in [5.74, 6) is 1.25. The molecule has 0 aliphatic carbocycles. The molecule has 0 radical (unpaired) electrons. The quantitative estimate of drug-likeness (QED) is 0.753. The summed E-state index contributed by atoms with van der Waals surface area (Å²) in [6.07, 6.45) is 7.95. The SMILES string of the molecule is CSCCCCNc1ccc(Cn2cncn2)cc1. The lowest BCUT2D eigenvalue weighted by molar-refractivity contribution is 0.685. The first-order valence-corrected chi connectivity index (χ1v) is 7.92. The fraction of sp³-hybridized carbons (Fsp3) is 0.429. The maximum Gasteiger partial charge on any atom is 0.137 e. The van der Waals surface area contributed by atoms with E-state index < -0.39 is 0 Å². The van der Waals surface area contributed by atoms with Gasteiger partial charge in [-0.1, -0.05) is 12.1 Å². The average Bonchev–Trinajstić information content (AvgIpc) is 2.93. The zero-order chi connectivity index (χ0) is 13.3. The molecule has 0 fully saturated rings. The highest BCUT2D eigenvalue weighted by Crippen LogP contribution is 2.10. The number of hydrogen-bond donors (Lipinski definition) is 1. The molecule has 0 aliphatic rings. The Morgan fingerprint density at radius 2 is 2.05 bits per heavy atom. The number of unbranched alkanes of at least 4 members (excludes halogenated alkanes) is 1. The summed E-state index contributed by atoms with van der Waals surface area (Å²) in [5.41, 5.74) is 2.42. The monoisotopic (exact) mass is 276 g/mol. The van der Waals surface area contributed by atoms with E-state index >= 15 is 0 Å². The highest BCUT2D eigenvalue weighted by molar-refractivity contribution is 7.98. The maximum absolute atomic E-state index is 4.10. The van der Waals surface area contributed by atoms with Gasteiger partial charge in [0.1, 0.15) is 12.7 Å². The lowest BCUT2D eigenvalue weighted by Gasteiger charge is -2.07. The van der Waals surface area contributed by atoms with Crippen LogP contribution in [0.25, 0.3) is 0 Å². The molecular weight excluding hydrogens is 256 g/mol. The van der Waals surface area contributed by atoms with Crippen LogP contribution in [0.1, 0.15) is 18.4 Å². The van der Waals surface area contributed by atoms with Crippen LogP contribution in [-0.2, 0) is 6.54 Å². The van der Waals surface area contributed by atoms with Gasteiger partial charge in [0.15, 0.2) is 0 Å². The number of aromatic nitrogens is 3. The molecule has 102 valence electrons. The van der Waals surface area contributed by atoms with Crippen molar-refractivity contribution in [2.45, 2.75) is 19.4 Å². The molecule has 4 nitrogen and oxygen atoms in total. The van der Waals surface area contributed by atoms with Gasteiger partial charge in [-0.3, -0.25) is 0 Å². The fourth-order valence-corrected chi connectivity index (χ4v) is 2.33. The van der Waals surface area contributed by atoms with Crippen molar-refractivity contribution in [1.29, 1.82) is 0 Å². The van der Waals surface area contributed by atoms with Crippen LogP contribution >= 0.6 is 11.8 Å². The van der Waals surface area contributed by atoms with Gasteiger partial charge in [-0.2, -0.15) is 16.9 Å². The van der Waals surface area contributed by atoms with Crippen molar-refractivity contribution in [1.82, 2.24) is 14.8 Å². The van der Waals surface area contributed by atoms with Crippen LogP contribution in [0, 0.1) is 0 Å². The zero-order valence-electron chi connectivity index (χ0n) is 11.2. The first-order valence-electron chi connectivity index (χ1n) is 6.52. The molecule has 0 amide bonds. The summed E-state index contributed by atoms with van der Waals surface area (Å²) in [5, 5.41) is 7.55. The molecule has 0 saturated heterocycles. The third-order valence-corrected chi connectivity index (χ3v) is 3.57. The van der Waals surface area contributed by atoms with Crippen molar-refractivity contribution in [3.63, 3.8) is 0 Å². The van der Waals surface area contributed by atoms with Gasteiger partial charge in [0.2, 0.25) is 0 Å². The van der Waals surface area contributed by atoms with Crippen LogP contribution in [0.15, 0.2) is 36.9 Å². The summed E-state index contributed by atoms with van der Waals surface area (Å²) in [7, 11) is 0. The van der Waals surface area contributed by atoms with Crippen molar-refractivity contribution in [2.75, 3.05) is 23.9 Å². The van der Waals surface area contributed by atoms with E-state index in [4.69, 9.17) is 0 Å². The second kappa shape index (κ2) is 7.84. The number of thioether (sulfide) groups is 1. The topological polar surface area (TPSA) is 42.7 Å². The van der Waals surface area contributed by atoms with Crippen LogP contribution in [0.3, 0.4) is 0 Å². The third-order valence-electron chi connectivity index (χ3n) is 2.87. The molecule has 2 aromatic rings. The van der Waals surface area contributed by atoms with Crippen LogP contribution in [0.4, 0.5) is 5.69 Å². The maximum atomic E-state index is 4.10. The molecule has 0 aliphatic heterocycles. The predicted octanol–water partition coefficient (Wildman–Crippen LogP) is 2.88. The summed E-state index contributed by atoms with van der Waals surface area (Å²) < 4.78 is 1.82. The van der Waals surface area contributed by atoms with E-state index in [1.54, 1.807) is 12.7 Å². The Morgan fingerprint density at radius 3 is 2.74 bits per heavy atom. The van der Waals surface area contributed by atoms with Crippen molar-refractivity contribution >= 4 is 17.4 Å². The van der Waals surface area contributed by atoms with E-state index in [0.29, 0.717) is 0 Å². The smallest absolute Gasteiger partial charge is 0.137 e. The van der Waals surface area contributed by atoms with Crippen LogP contribution in [-0.4, -0.2) is 33.3 Å². The highest BCUT2D eigenvalue weighted by Gasteiger charge is 1.97. The van der Waals surface area contributed by atoms with Gasteiger partial charge in [0.25, 0.3) is 0 Å². The van der Waals surface area contributed by atoms with Crippen molar-refractivity contribution in [2.24, 2.45) is 0 Å². The minimum absolute atomic E-state index is 0.772. The molecule has 19 heavy (non-hydrogen) atoms. The van der Waals surface area contributed by atoms with E-state index in [2.05, 4.69) is 45.9 Å². The minimum Gasteiger partial charge on any atom is -0.385 e. The van der Waals surface area contributed by atoms with Gasteiger partial charge in [-0.05, 0) is 42.5 Å². The van der Waals surface area contributed by atoms with Crippen molar-refractivity contribution in [3.8, 4) is 0 Å². The number of nitrogens with zero attached hydrogens (tertiary/aromatic N) is 3. The van der Waals surface area contributed by atoms with Crippen LogP contribution in [0.2, 0.25) is 0 Å². The van der Waals surface area contributed by atoms with E-state index in [1.165, 1.54) is 29.8 Å². The minimum atomic E-state index is 0.772. The molecular formula is C14H20N4S. The summed E-state index contributed by atoms with van der Waals surface area (Å²) in [6, 6.07) is 8.51. The zero-order valence-corrected chi connectivity index (χ0v) is 12.1. The molecule has 1 heterocycles. The summed E-state index contributed by atoms with van der Waals surface area (Å²) >= 11 is 1.91. The molecule has 0 atom stereocenters. The first kappa shape index (κ1) is 13.9. The molecule has 5 heteroatoms. The van der Waals surface area contributed by atoms with Gasteiger partial charge in [0, 0.05) is 12.2 Å². The molecule has 0 spiro atoms. The van der Waals surface area contributed by atoms with E-state index in [1.807, 2.05) is 16.4 Å². The summed E-state index contributed by atoms with van der Waals surface area (Å²) in [4.78, 5) is 3.94. The first-order chi connectivity index (χ1) is 9.38. The Bertz CT molecular complexity index is 453. The van der Waals surface area contributed by atoms with E-state index in [9.17, 15) is 0 Å². The number of nitrogens with one attached hydrogen (secondary N) is 1.